The Morgan fingerprint density at radius 2 is 1.39 bits per heavy atom. The number of carbonyl (C=O) groups excluding carboxylic acids is 3. The van der Waals surface area contributed by atoms with Crippen LogP contribution in [0.25, 0.3) is 0 Å². The summed E-state index contributed by atoms with van der Waals surface area (Å²) in [6.07, 6.45) is 0.815. The Bertz CT molecular complexity index is 3070. The number of carbonyl (C=O) groups is 3. The maximum atomic E-state index is 14.6. The van der Waals surface area contributed by atoms with Crippen molar-refractivity contribution in [2.45, 2.75) is 28.2 Å². The second-order valence-electron chi connectivity index (χ2n) is 15.6. The molecular weight excluding hydrogens is 933 g/mol. The van der Waals surface area contributed by atoms with E-state index in [4.69, 9.17) is 14.6 Å². The number of benzene rings is 5. The molecule has 7 aromatic rings. The van der Waals surface area contributed by atoms with Crippen molar-refractivity contribution in [2.75, 3.05) is 18.2 Å². The smallest absolute Gasteiger partial charge is 0.356 e. The van der Waals surface area contributed by atoms with Crippen molar-refractivity contribution in [1.82, 2.24) is 30.0 Å². The van der Waals surface area contributed by atoms with Gasteiger partial charge in [0.1, 0.15) is 35.5 Å². The molecule has 2 amide bonds. The number of fused-ring (bicyclic) bond motifs is 1. The molecule has 2 aliphatic rings. The van der Waals surface area contributed by atoms with Crippen molar-refractivity contribution in [1.29, 1.82) is 0 Å². The first-order valence-electron chi connectivity index (χ1n) is 21.5. The van der Waals surface area contributed by atoms with Gasteiger partial charge in [0, 0.05) is 18.2 Å². The molecule has 0 aliphatic carbocycles. The van der Waals surface area contributed by atoms with Crippen LogP contribution < -0.4 is 21.8 Å². The predicted molar refractivity (Wildman–Crippen MR) is 266 cm³/mol. The van der Waals surface area contributed by atoms with Crippen LogP contribution in [0.15, 0.2) is 200 Å². The molecule has 0 radical (unpaired) electrons. The van der Waals surface area contributed by atoms with E-state index in [0.717, 1.165) is 33.0 Å². The second-order valence-corrected chi connectivity index (χ2v) is 18.4. The van der Waals surface area contributed by atoms with E-state index in [2.05, 4.69) is 62.4 Å². The number of β-lactam (4-membered cyclic amide) rings is 1. The number of allylic oxidation sites excluding steroid dienone is 1. The number of hydrogen-bond donors (Lipinski definition) is 3. The van der Waals surface area contributed by atoms with E-state index in [9.17, 15) is 24.0 Å². The summed E-state index contributed by atoms with van der Waals surface area (Å²) >= 11 is 3.65. The number of thioether (sulfide) groups is 2. The van der Waals surface area contributed by atoms with Crippen molar-refractivity contribution < 1.29 is 24.0 Å². The van der Waals surface area contributed by atoms with Gasteiger partial charge in [0.2, 0.25) is 0 Å². The molecule has 18 heteroatoms. The first-order chi connectivity index (χ1) is 33.7. The highest BCUT2D eigenvalue weighted by Gasteiger charge is 2.55. The quantitative estimate of drug-likeness (QED) is 0.0172. The molecular formula is C51H42N8O7S3. The third kappa shape index (κ3) is 9.41. The number of esters is 1. The maximum Gasteiger partial charge on any atom is 0.356 e. The van der Waals surface area contributed by atoms with Crippen molar-refractivity contribution in [3.63, 3.8) is 0 Å². The lowest BCUT2D eigenvalue weighted by molar-refractivity contribution is -0.154. The van der Waals surface area contributed by atoms with Gasteiger partial charge in [-0.2, -0.15) is 0 Å². The zero-order chi connectivity index (χ0) is 47.9. The Labute approximate surface area is 408 Å². The normalized spacial score (nSPS) is 16.0. The summed E-state index contributed by atoms with van der Waals surface area (Å²) < 4.78 is 7.41. The molecule has 0 spiro atoms. The SMILES string of the molecule is CON=C(C(=O)NC1C(=O)N2C(C(=O)OC(c3ccccc3)c3ccccc3)=C(C=CSc3n[nH]c(=O)c(=O)n3C)CSC12)c1csc(NC(c2ccccc2)(c2ccccc2)c2ccccc2)n1. The third-order valence-electron chi connectivity index (χ3n) is 11.4. The van der Waals surface area contributed by atoms with Gasteiger partial charge in [0.15, 0.2) is 22.1 Å². The van der Waals surface area contributed by atoms with Gasteiger partial charge in [-0.05, 0) is 44.9 Å². The molecule has 2 aliphatic heterocycles. The maximum absolute atomic E-state index is 14.6. The minimum absolute atomic E-state index is 0.00832. The Balaban J connectivity index is 0.997. The lowest BCUT2D eigenvalue weighted by atomic mass is 9.77. The predicted octanol–water partition coefficient (Wildman–Crippen LogP) is 6.97. The summed E-state index contributed by atoms with van der Waals surface area (Å²) in [5.74, 6) is -1.80. The van der Waals surface area contributed by atoms with Crippen molar-refractivity contribution in [3.05, 3.63) is 234 Å². The number of anilines is 1. The summed E-state index contributed by atoms with van der Waals surface area (Å²) in [7, 11) is 2.74. The number of amides is 2. The molecule has 1 fully saturated rings. The highest BCUT2D eigenvalue weighted by atomic mass is 32.2. The summed E-state index contributed by atoms with van der Waals surface area (Å²) in [5.41, 5.74) is 2.27. The lowest BCUT2D eigenvalue weighted by Crippen LogP contribution is -2.71. The first kappa shape index (κ1) is 46.3. The number of aromatic amines is 1. The van der Waals surface area contributed by atoms with Crippen molar-refractivity contribution in [2.24, 2.45) is 12.2 Å². The number of oxime groups is 1. The fraction of sp³-hybridized carbons (Fsp3) is 0.137. The van der Waals surface area contributed by atoms with Crippen molar-refractivity contribution in [3.8, 4) is 0 Å². The number of rotatable bonds is 16. The van der Waals surface area contributed by atoms with E-state index in [-0.39, 0.29) is 28.0 Å². The van der Waals surface area contributed by atoms with Gasteiger partial charge in [-0.25, -0.2) is 14.9 Å². The van der Waals surface area contributed by atoms with Crippen LogP contribution in [0.3, 0.4) is 0 Å². The average molecular weight is 975 g/mol. The lowest BCUT2D eigenvalue weighted by Gasteiger charge is -2.49. The molecule has 3 N–H and O–H groups in total. The number of aromatic nitrogens is 4. The molecule has 15 nitrogen and oxygen atoms in total. The zero-order valence-electron chi connectivity index (χ0n) is 36.9. The summed E-state index contributed by atoms with van der Waals surface area (Å²) in [6.45, 7) is 0. The van der Waals surface area contributed by atoms with Gasteiger partial charge in [-0.15, -0.1) is 28.2 Å². The summed E-state index contributed by atoms with van der Waals surface area (Å²) in [4.78, 5) is 78.7. The summed E-state index contributed by atoms with van der Waals surface area (Å²) in [6, 6.07) is 47.5. The van der Waals surface area contributed by atoms with Crippen LogP contribution in [0, 0.1) is 0 Å². The molecule has 69 heavy (non-hydrogen) atoms. The molecule has 0 saturated carbocycles. The zero-order valence-corrected chi connectivity index (χ0v) is 39.4. The third-order valence-corrected chi connectivity index (χ3v) is 14.4. The topological polar surface area (TPSA) is 190 Å². The van der Waals surface area contributed by atoms with E-state index < -0.39 is 52.0 Å². The number of thiazole rings is 1. The minimum atomic E-state index is -1.07. The Morgan fingerprint density at radius 3 is 1.94 bits per heavy atom. The molecule has 346 valence electrons. The fourth-order valence-electron chi connectivity index (χ4n) is 8.14. The summed E-state index contributed by atoms with van der Waals surface area (Å²) in [5, 5.41) is 20.1. The van der Waals surface area contributed by atoms with Crippen LogP contribution in [0.2, 0.25) is 0 Å². The Hall–Kier alpha value is -7.80. The second kappa shape index (κ2) is 20.6. The minimum Gasteiger partial charge on any atom is -0.448 e. The molecule has 5 aromatic carbocycles. The van der Waals surface area contributed by atoms with E-state index in [1.165, 1.54) is 42.2 Å². The molecule has 2 aromatic heterocycles. The number of nitrogens with zero attached hydrogens (tertiary/aromatic N) is 5. The van der Waals surface area contributed by atoms with Crippen LogP contribution in [-0.4, -0.2) is 72.4 Å². The fourth-order valence-corrected chi connectivity index (χ4v) is 10.9. The largest absolute Gasteiger partial charge is 0.448 e. The highest BCUT2D eigenvalue weighted by Crippen LogP contribution is 2.43. The number of nitrogens with one attached hydrogen (secondary N) is 3. The van der Waals surface area contributed by atoms with Crippen molar-refractivity contribution >= 4 is 63.5 Å². The molecule has 2 unspecified atom stereocenters. The van der Waals surface area contributed by atoms with Gasteiger partial charge in [-0.3, -0.25) is 28.6 Å². The number of ether oxygens (including phenoxy) is 1. The van der Waals surface area contributed by atoms with Gasteiger partial charge in [0.25, 0.3) is 11.8 Å². The number of H-pyrrole nitrogens is 1. The van der Waals surface area contributed by atoms with Crippen LogP contribution in [0.1, 0.15) is 39.6 Å². The average Bonchev–Trinajstić information content (AvgIpc) is 3.86. The van der Waals surface area contributed by atoms with Crippen LogP contribution in [0.5, 0.6) is 0 Å². The Morgan fingerprint density at radius 1 is 0.841 bits per heavy atom. The molecule has 2 atom stereocenters. The van der Waals surface area contributed by atoms with Gasteiger partial charge < -0.3 is 20.2 Å². The van der Waals surface area contributed by atoms with E-state index in [1.54, 1.807) is 16.9 Å². The molecule has 4 heterocycles. The van der Waals surface area contributed by atoms with Gasteiger partial charge in [-0.1, -0.05) is 169 Å². The Kier molecular flexibility index (Phi) is 13.8. The number of hydrogen-bond acceptors (Lipinski definition) is 14. The van der Waals surface area contributed by atoms with Gasteiger partial charge >= 0.3 is 17.1 Å². The van der Waals surface area contributed by atoms with Crippen LogP contribution in [-0.2, 0) is 36.5 Å². The standard InChI is InChI=1S/C51H42N8O7S3/c1-58-46(63)44(61)55-56-50(58)67-29-28-34-30-68-47-40(45(62)59(47)41(34)48(64)66-42(32-18-8-3-9-19-32)33-20-10-4-11-21-33)53-43(60)39(57-65-2)38-31-69-49(52-38)54-51(35-22-12-5-13-23-35,36-24-14-6-15-25-36)37-26-16-7-17-27-37/h3-29,31,40,42,47H,30H2,1-2H3,(H,52,54)(H,53,60)(H,55,61). The van der Waals surface area contributed by atoms with E-state index in [1.807, 2.05) is 115 Å². The monoisotopic (exact) mass is 974 g/mol. The molecule has 0 bridgehead atoms. The van der Waals surface area contributed by atoms with E-state index >= 15 is 0 Å². The first-order valence-corrected chi connectivity index (χ1v) is 24.3. The highest BCUT2D eigenvalue weighted by molar-refractivity contribution is 8.02. The van der Waals surface area contributed by atoms with Crippen LogP contribution in [0.4, 0.5) is 5.13 Å². The van der Waals surface area contributed by atoms with Crippen LogP contribution >= 0.6 is 34.9 Å². The van der Waals surface area contributed by atoms with Gasteiger partial charge in [0.05, 0.1) is 0 Å². The molecule has 1 saturated heterocycles. The van der Waals surface area contributed by atoms with E-state index in [0.29, 0.717) is 21.8 Å². The molecule has 9 rings (SSSR count).